The molecule has 0 unspecified atom stereocenters. The number of hydrogen-bond acceptors (Lipinski definition) is 2. The number of fused-ring (bicyclic) bond motifs is 1. The number of amides is 1. The van der Waals surface area contributed by atoms with Gasteiger partial charge in [-0.05, 0) is 43.7 Å². The number of anilines is 1. The molecule has 3 rings (SSSR count). The van der Waals surface area contributed by atoms with Crippen LogP contribution in [0.2, 0.25) is 0 Å². The molecule has 4 nitrogen and oxygen atoms in total. The zero-order valence-electron chi connectivity index (χ0n) is 11.4. The highest BCUT2D eigenvalue weighted by Gasteiger charge is 2.11. The zero-order chi connectivity index (χ0) is 14.1. The smallest absolute Gasteiger partial charge is 0.276 e. The van der Waals surface area contributed by atoms with Gasteiger partial charge in [0, 0.05) is 11.9 Å². The molecule has 0 saturated carbocycles. The molecule has 0 saturated heterocycles. The van der Waals surface area contributed by atoms with E-state index in [4.69, 9.17) is 0 Å². The van der Waals surface area contributed by atoms with Crippen molar-refractivity contribution in [2.45, 2.75) is 13.8 Å². The minimum Gasteiger partial charge on any atom is -0.320 e. The van der Waals surface area contributed by atoms with Crippen molar-refractivity contribution >= 4 is 17.1 Å². The Bertz CT molecular complexity index is 756. The summed E-state index contributed by atoms with van der Waals surface area (Å²) in [5.41, 5.74) is 4.35. The maximum absolute atomic E-state index is 12.2. The van der Waals surface area contributed by atoms with Crippen molar-refractivity contribution in [2.24, 2.45) is 0 Å². The second kappa shape index (κ2) is 4.81. The van der Waals surface area contributed by atoms with Gasteiger partial charge in [0.1, 0.15) is 0 Å². The zero-order valence-corrected chi connectivity index (χ0v) is 11.4. The van der Waals surface area contributed by atoms with Crippen LogP contribution in [-0.4, -0.2) is 15.5 Å². The number of aryl methyl sites for hydroxylation is 2. The van der Waals surface area contributed by atoms with Gasteiger partial charge in [0.15, 0.2) is 5.69 Å². The van der Waals surface area contributed by atoms with Crippen molar-refractivity contribution in [1.82, 2.24) is 9.61 Å². The second-order valence-corrected chi connectivity index (χ2v) is 4.87. The quantitative estimate of drug-likeness (QED) is 0.773. The summed E-state index contributed by atoms with van der Waals surface area (Å²) < 4.78 is 1.69. The van der Waals surface area contributed by atoms with Crippen LogP contribution in [0.4, 0.5) is 5.69 Å². The first-order chi connectivity index (χ1) is 9.63. The highest BCUT2D eigenvalue weighted by molar-refractivity contribution is 6.04. The van der Waals surface area contributed by atoms with E-state index in [0.717, 1.165) is 16.8 Å². The fourth-order valence-corrected chi connectivity index (χ4v) is 2.19. The summed E-state index contributed by atoms with van der Waals surface area (Å²) >= 11 is 0. The maximum atomic E-state index is 12.2. The van der Waals surface area contributed by atoms with Crippen LogP contribution in [0.15, 0.2) is 48.7 Å². The van der Waals surface area contributed by atoms with Crippen LogP contribution >= 0.6 is 0 Å². The van der Waals surface area contributed by atoms with E-state index in [-0.39, 0.29) is 5.91 Å². The van der Waals surface area contributed by atoms with Gasteiger partial charge in [0.25, 0.3) is 5.91 Å². The van der Waals surface area contributed by atoms with Crippen molar-refractivity contribution in [3.8, 4) is 0 Å². The molecule has 0 aliphatic rings. The third-order valence-electron chi connectivity index (χ3n) is 3.23. The van der Waals surface area contributed by atoms with Gasteiger partial charge < -0.3 is 5.32 Å². The largest absolute Gasteiger partial charge is 0.320 e. The van der Waals surface area contributed by atoms with E-state index in [1.807, 2.05) is 56.4 Å². The van der Waals surface area contributed by atoms with E-state index in [9.17, 15) is 4.79 Å². The predicted octanol–water partition coefficient (Wildman–Crippen LogP) is 3.20. The van der Waals surface area contributed by atoms with Crippen LogP contribution in [0.3, 0.4) is 0 Å². The number of benzene rings is 1. The monoisotopic (exact) mass is 265 g/mol. The predicted molar refractivity (Wildman–Crippen MR) is 79.1 cm³/mol. The Morgan fingerprint density at radius 2 is 2.00 bits per heavy atom. The lowest BCUT2D eigenvalue weighted by Crippen LogP contribution is -2.13. The molecular weight excluding hydrogens is 250 g/mol. The van der Waals surface area contributed by atoms with Gasteiger partial charge in [0.2, 0.25) is 0 Å². The van der Waals surface area contributed by atoms with Crippen LogP contribution in [0.25, 0.3) is 5.52 Å². The number of carbonyl (C=O) groups is 1. The fourth-order valence-electron chi connectivity index (χ4n) is 2.19. The number of aromatic nitrogens is 2. The van der Waals surface area contributed by atoms with Crippen LogP contribution in [-0.2, 0) is 0 Å². The molecule has 0 aliphatic heterocycles. The van der Waals surface area contributed by atoms with E-state index in [0.29, 0.717) is 5.69 Å². The normalized spacial score (nSPS) is 10.7. The van der Waals surface area contributed by atoms with Gasteiger partial charge in [-0.15, -0.1) is 0 Å². The molecule has 0 spiro atoms. The molecule has 2 aromatic heterocycles. The SMILES string of the molecule is Cc1ccc(NC(=O)c2cc3ccccn3n2)c(C)c1. The van der Waals surface area contributed by atoms with Crippen molar-refractivity contribution in [3.05, 3.63) is 65.5 Å². The van der Waals surface area contributed by atoms with Crippen LogP contribution < -0.4 is 5.32 Å². The molecule has 0 atom stereocenters. The van der Waals surface area contributed by atoms with E-state index in [1.165, 1.54) is 5.56 Å². The summed E-state index contributed by atoms with van der Waals surface area (Å²) in [7, 11) is 0. The Labute approximate surface area is 117 Å². The molecule has 4 heteroatoms. The highest BCUT2D eigenvalue weighted by Crippen LogP contribution is 2.17. The molecule has 2 heterocycles. The van der Waals surface area contributed by atoms with Crippen LogP contribution in [0.5, 0.6) is 0 Å². The Morgan fingerprint density at radius 1 is 1.15 bits per heavy atom. The Morgan fingerprint density at radius 3 is 2.75 bits per heavy atom. The summed E-state index contributed by atoms with van der Waals surface area (Å²) in [6.07, 6.45) is 1.82. The molecule has 20 heavy (non-hydrogen) atoms. The molecule has 1 N–H and O–H groups in total. The number of nitrogens with zero attached hydrogens (tertiary/aromatic N) is 2. The number of rotatable bonds is 2. The van der Waals surface area contributed by atoms with Gasteiger partial charge in [-0.25, -0.2) is 4.52 Å². The summed E-state index contributed by atoms with van der Waals surface area (Å²) in [6, 6.07) is 13.4. The Kier molecular flexibility index (Phi) is 2.99. The van der Waals surface area contributed by atoms with E-state index in [1.54, 1.807) is 10.6 Å². The van der Waals surface area contributed by atoms with E-state index in [2.05, 4.69) is 10.4 Å². The Balaban J connectivity index is 1.89. The lowest BCUT2D eigenvalue weighted by atomic mass is 10.1. The standard InChI is InChI=1S/C16H15N3O/c1-11-6-7-14(12(2)9-11)17-16(20)15-10-13-5-3-4-8-19(13)18-15/h3-10H,1-2H3,(H,17,20). The molecule has 0 fully saturated rings. The van der Waals surface area contributed by atoms with Crippen molar-refractivity contribution in [3.63, 3.8) is 0 Å². The number of pyridine rings is 1. The molecule has 0 bridgehead atoms. The fraction of sp³-hybridized carbons (Fsp3) is 0.125. The maximum Gasteiger partial charge on any atom is 0.276 e. The van der Waals surface area contributed by atoms with Gasteiger partial charge >= 0.3 is 0 Å². The average Bonchev–Trinajstić information content (AvgIpc) is 2.86. The van der Waals surface area contributed by atoms with Crippen molar-refractivity contribution < 1.29 is 4.79 Å². The van der Waals surface area contributed by atoms with Gasteiger partial charge in [-0.2, -0.15) is 5.10 Å². The minimum atomic E-state index is -0.194. The lowest BCUT2D eigenvalue weighted by Gasteiger charge is -2.07. The van der Waals surface area contributed by atoms with E-state index < -0.39 is 0 Å². The molecule has 1 amide bonds. The third-order valence-corrected chi connectivity index (χ3v) is 3.23. The summed E-state index contributed by atoms with van der Waals surface area (Å²) in [5, 5.41) is 7.16. The van der Waals surface area contributed by atoms with Gasteiger partial charge in [0.05, 0.1) is 5.52 Å². The molecule has 1 aromatic carbocycles. The number of nitrogens with one attached hydrogen (secondary N) is 1. The lowest BCUT2D eigenvalue weighted by molar-refractivity contribution is 0.102. The first kappa shape index (κ1) is 12.4. The average molecular weight is 265 g/mol. The van der Waals surface area contributed by atoms with Crippen LogP contribution in [0.1, 0.15) is 21.6 Å². The minimum absolute atomic E-state index is 0.194. The van der Waals surface area contributed by atoms with Gasteiger partial charge in [-0.3, -0.25) is 4.79 Å². The van der Waals surface area contributed by atoms with Crippen LogP contribution in [0, 0.1) is 13.8 Å². The summed E-state index contributed by atoms with van der Waals surface area (Å²) in [6.45, 7) is 4.01. The van der Waals surface area contributed by atoms with Crippen molar-refractivity contribution in [2.75, 3.05) is 5.32 Å². The summed E-state index contributed by atoms with van der Waals surface area (Å²) in [4.78, 5) is 12.2. The number of carbonyl (C=O) groups excluding carboxylic acids is 1. The summed E-state index contributed by atoms with van der Waals surface area (Å²) in [5.74, 6) is -0.194. The molecular formula is C16H15N3O. The molecule has 3 aromatic rings. The highest BCUT2D eigenvalue weighted by atomic mass is 16.1. The molecule has 100 valence electrons. The molecule has 0 radical (unpaired) electrons. The topological polar surface area (TPSA) is 46.4 Å². The Hall–Kier alpha value is -2.62. The molecule has 0 aliphatic carbocycles. The third kappa shape index (κ3) is 2.28. The second-order valence-electron chi connectivity index (χ2n) is 4.87. The van der Waals surface area contributed by atoms with Crippen molar-refractivity contribution in [1.29, 1.82) is 0 Å². The number of hydrogen-bond donors (Lipinski definition) is 1. The van der Waals surface area contributed by atoms with Gasteiger partial charge in [-0.1, -0.05) is 23.8 Å². The first-order valence-corrected chi connectivity index (χ1v) is 6.46. The first-order valence-electron chi connectivity index (χ1n) is 6.46. The van der Waals surface area contributed by atoms with E-state index >= 15 is 0 Å².